The first kappa shape index (κ1) is 14.6. The Labute approximate surface area is 118 Å². The second kappa shape index (κ2) is 6.11. The summed E-state index contributed by atoms with van der Waals surface area (Å²) in [6.07, 6.45) is 1.81. The molecule has 0 atom stereocenters. The fourth-order valence-electron chi connectivity index (χ4n) is 2.03. The Morgan fingerprint density at radius 3 is 2.75 bits per heavy atom. The zero-order chi connectivity index (χ0) is 14.7. The van der Waals surface area contributed by atoms with Gasteiger partial charge in [0.2, 0.25) is 0 Å². The Balaban J connectivity index is 1.95. The summed E-state index contributed by atoms with van der Waals surface area (Å²) in [7, 11) is 0. The predicted molar refractivity (Wildman–Crippen MR) is 76.8 cm³/mol. The smallest absolute Gasteiger partial charge is 0.407 e. The number of aromatic amines is 1. The number of hydrogen-bond donors (Lipinski definition) is 2. The van der Waals surface area contributed by atoms with Crippen LogP contribution in [0.2, 0.25) is 0 Å². The maximum Gasteiger partial charge on any atom is 0.407 e. The van der Waals surface area contributed by atoms with Crippen LogP contribution in [0.15, 0.2) is 10.9 Å². The van der Waals surface area contributed by atoms with E-state index in [-0.39, 0.29) is 12.1 Å². The number of nitrogens with one attached hydrogen (secondary N) is 2. The van der Waals surface area contributed by atoms with Crippen molar-refractivity contribution in [1.29, 1.82) is 0 Å². The summed E-state index contributed by atoms with van der Waals surface area (Å²) >= 11 is 0. The van der Waals surface area contributed by atoms with E-state index in [2.05, 4.69) is 10.3 Å². The highest BCUT2D eigenvalue weighted by Gasteiger charge is 2.25. The number of amides is 1. The van der Waals surface area contributed by atoms with E-state index >= 15 is 0 Å². The Morgan fingerprint density at radius 1 is 1.50 bits per heavy atom. The Bertz CT molecular complexity index is 545. The monoisotopic (exact) mass is 278 g/mol. The molecule has 0 spiro atoms. The molecule has 0 aromatic carbocycles. The van der Waals surface area contributed by atoms with Gasteiger partial charge in [0.05, 0.1) is 13.2 Å². The van der Waals surface area contributed by atoms with Crippen molar-refractivity contribution in [3.8, 4) is 0 Å². The van der Waals surface area contributed by atoms with Crippen molar-refractivity contribution in [2.45, 2.75) is 46.1 Å². The largest absolute Gasteiger partial charge is 0.449 e. The number of carbonyl (C=O) groups is 1. The standard InChI is InChI=1S/C15H22N2O3/c1-9(2)8-20-15(19)16-7-12-10(3)6-13(11-4-5-11)17-14(12)18/h6,9,11H,4-5,7-8H2,1-3H3,(H,16,19)(H,17,18). The van der Waals surface area contributed by atoms with Gasteiger partial charge in [-0.1, -0.05) is 13.8 Å². The maximum absolute atomic E-state index is 12.0. The lowest BCUT2D eigenvalue weighted by Crippen LogP contribution is -2.29. The van der Waals surface area contributed by atoms with Crippen LogP contribution < -0.4 is 10.9 Å². The van der Waals surface area contributed by atoms with Crippen molar-refractivity contribution in [2.75, 3.05) is 6.61 Å². The van der Waals surface area contributed by atoms with Gasteiger partial charge >= 0.3 is 6.09 Å². The number of aromatic nitrogens is 1. The van der Waals surface area contributed by atoms with Gasteiger partial charge < -0.3 is 15.0 Å². The normalized spacial score (nSPS) is 14.4. The van der Waals surface area contributed by atoms with E-state index in [4.69, 9.17) is 4.74 Å². The van der Waals surface area contributed by atoms with Crippen molar-refractivity contribution >= 4 is 6.09 Å². The fourth-order valence-corrected chi connectivity index (χ4v) is 2.03. The van der Waals surface area contributed by atoms with Crippen LogP contribution in [0.5, 0.6) is 0 Å². The molecule has 110 valence electrons. The maximum atomic E-state index is 12.0. The second-order valence-corrected chi connectivity index (χ2v) is 5.84. The van der Waals surface area contributed by atoms with Crippen LogP contribution in [0.4, 0.5) is 4.79 Å². The number of carbonyl (C=O) groups excluding carboxylic acids is 1. The van der Waals surface area contributed by atoms with Gasteiger partial charge in [0.15, 0.2) is 0 Å². The zero-order valence-corrected chi connectivity index (χ0v) is 12.3. The van der Waals surface area contributed by atoms with Crippen LogP contribution in [-0.2, 0) is 11.3 Å². The molecule has 0 unspecified atom stereocenters. The lowest BCUT2D eigenvalue weighted by molar-refractivity contribution is 0.132. The van der Waals surface area contributed by atoms with Gasteiger partial charge in [-0.3, -0.25) is 4.79 Å². The minimum Gasteiger partial charge on any atom is -0.449 e. The molecule has 1 saturated carbocycles. The lowest BCUT2D eigenvalue weighted by atomic mass is 10.1. The van der Waals surface area contributed by atoms with E-state index in [0.717, 1.165) is 24.1 Å². The number of rotatable bonds is 5. The van der Waals surface area contributed by atoms with E-state index in [1.165, 1.54) is 0 Å². The Kier molecular flexibility index (Phi) is 4.47. The van der Waals surface area contributed by atoms with Gasteiger partial charge in [0.1, 0.15) is 0 Å². The van der Waals surface area contributed by atoms with Crippen LogP contribution in [0.1, 0.15) is 49.4 Å². The highest BCUT2D eigenvalue weighted by atomic mass is 16.5. The number of hydrogen-bond acceptors (Lipinski definition) is 3. The van der Waals surface area contributed by atoms with Crippen molar-refractivity contribution in [3.05, 3.63) is 33.2 Å². The van der Waals surface area contributed by atoms with Gasteiger partial charge in [-0.05, 0) is 43.2 Å². The van der Waals surface area contributed by atoms with E-state index in [0.29, 0.717) is 24.0 Å². The minimum absolute atomic E-state index is 0.115. The molecule has 0 aliphatic heterocycles. The van der Waals surface area contributed by atoms with E-state index in [1.54, 1.807) is 0 Å². The van der Waals surface area contributed by atoms with Gasteiger partial charge in [0, 0.05) is 11.3 Å². The topological polar surface area (TPSA) is 71.2 Å². The first-order valence-corrected chi connectivity index (χ1v) is 7.10. The van der Waals surface area contributed by atoms with E-state index in [1.807, 2.05) is 26.8 Å². The molecule has 1 heterocycles. The third-order valence-electron chi connectivity index (χ3n) is 3.35. The first-order valence-electron chi connectivity index (χ1n) is 7.10. The molecule has 0 bridgehead atoms. The summed E-state index contributed by atoms with van der Waals surface area (Å²) in [6, 6.07) is 2.01. The molecule has 0 radical (unpaired) electrons. The quantitative estimate of drug-likeness (QED) is 0.869. The minimum atomic E-state index is -0.483. The molecule has 1 aromatic heterocycles. The van der Waals surface area contributed by atoms with Crippen molar-refractivity contribution in [1.82, 2.24) is 10.3 Å². The average molecular weight is 278 g/mol. The van der Waals surface area contributed by atoms with Crippen LogP contribution in [-0.4, -0.2) is 17.7 Å². The number of H-pyrrole nitrogens is 1. The molecule has 1 amide bonds. The van der Waals surface area contributed by atoms with E-state index < -0.39 is 6.09 Å². The molecule has 2 rings (SSSR count). The highest BCUT2D eigenvalue weighted by Crippen LogP contribution is 2.38. The van der Waals surface area contributed by atoms with E-state index in [9.17, 15) is 9.59 Å². The summed E-state index contributed by atoms with van der Waals surface area (Å²) in [5.74, 6) is 0.808. The zero-order valence-electron chi connectivity index (χ0n) is 12.3. The van der Waals surface area contributed by atoms with Gasteiger partial charge in [0.25, 0.3) is 5.56 Å². The number of ether oxygens (including phenoxy) is 1. The summed E-state index contributed by atoms with van der Waals surface area (Å²) in [5.41, 5.74) is 2.41. The number of pyridine rings is 1. The van der Waals surface area contributed by atoms with Crippen molar-refractivity contribution < 1.29 is 9.53 Å². The SMILES string of the molecule is Cc1cc(C2CC2)[nH]c(=O)c1CNC(=O)OCC(C)C. The fraction of sp³-hybridized carbons (Fsp3) is 0.600. The summed E-state index contributed by atoms with van der Waals surface area (Å²) in [4.78, 5) is 26.4. The summed E-state index contributed by atoms with van der Waals surface area (Å²) in [5, 5.41) is 2.62. The van der Waals surface area contributed by atoms with Crippen LogP contribution >= 0.6 is 0 Å². The summed E-state index contributed by atoms with van der Waals surface area (Å²) < 4.78 is 5.01. The van der Waals surface area contributed by atoms with Gasteiger partial charge in [-0.25, -0.2) is 4.79 Å². The second-order valence-electron chi connectivity index (χ2n) is 5.84. The lowest BCUT2D eigenvalue weighted by Gasteiger charge is -2.10. The Hall–Kier alpha value is -1.78. The van der Waals surface area contributed by atoms with Crippen molar-refractivity contribution in [2.24, 2.45) is 5.92 Å². The molecule has 20 heavy (non-hydrogen) atoms. The molecular formula is C15H22N2O3. The molecule has 2 N–H and O–H groups in total. The van der Waals surface area contributed by atoms with Crippen LogP contribution in [0.3, 0.4) is 0 Å². The molecule has 0 saturated heterocycles. The molecule has 5 heteroatoms. The molecular weight excluding hydrogens is 256 g/mol. The van der Waals surface area contributed by atoms with Crippen molar-refractivity contribution in [3.63, 3.8) is 0 Å². The summed E-state index contributed by atoms with van der Waals surface area (Å²) in [6.45, 7) is 6.42. The van der Waals surface area contributed by atoms with Gasteiger partial charge in [-0.2, -0.15) is 0 Å². The molecule has 1 aliphatic carbocycles. The Morgan fingerprint density at radius 2 is 2.20 bits per heavy atom. The highest BCUT2D eigenvalue weighted by molar-refractivity contribution is 5.67. The molecule has 1 aliphatic rings. The number of aryl methyl sites for hydroxylation is 1. The first-order chi connectivity index (χ1) is 9.47. The van der Waals surface area contributed by atoms with Gasteiger partial charge in [-0.15, -0.1) is 0 Å². The third-order valence-corrected chi connectivity index (χ3v) is 3.35. The molecule has 1 aromatic rings. The third kappa shape index (κ3) is 3.85. The molecule has 5 nitrogen and oxygen atoms in total. The van der Waals surface area contributed by atoms with Crippen LogP contribution in [0.25, 0.3) is 0 Å². The average Bonchev–Trinajstić information content (AvgIpc) is 3.19. The predicted octanol–water partition coefficient (Wildman–Crippen LogP) is 2.44. The molecule has 1 fully saturated rings. The van der Waals surface area contributed by atoms with Crippen LogP contribution in [0, 0.1) is 12.8 Å². The number of alkyl carbamates (subject to hydrolysis) is 1.